The van der Waals surface area contributed by atoms with Gasteiger partial charge < -0.3 is 4.90 Å². The van der Waals surface area contributed by atoms with Gasteiger partial charge in [-0.25, -0.2) is 4.98 Å². The third-order valence-electron chi connectivity index (χ3n) is 3.54. The summed E-state index contributed by atoms with van der Waals surface area (Å²) < 4.78 is 0. The first-order valence-electron chi connectivity index (χ1n) is 6.90. The molecular weight excluding hydrogens is 244 g/mol. The first-order valence-corrected chi connectivity index (χ1v) is 7.72. The Hall–Kier alpha value is -0.900. The third-order valence-corrected chi connectivity index (χ3v) is 4.78. The van der Waals surface area contributed by atoms with Crippen LogP contribution in [-0.2, 0) is 6.42 Å². The molecule has 1 aromatic heterocycles. The molecule has 0 bridgehead atoms. The average molecular weight is 266 g/mol. The standard InChI is InChI=1S/C14H22N2OS/c1-4-7-12-13(11(3)17)18-14(15-12)16-9-6-5-8-10(16)2/h10H,4-9H2,1-3H3. The lowest BCUT2D eigenvalue weighted by molar-refractivity contribution is 0.102. The van der Waals surface area contributed by atoms with E-state index in [-0.39, 0.29) is 5.78 Å². The van der Waals surface area contributed by atoms with Gasteiger partial charge >= 0.3 is 0 Å². The predicted octanol–water partition coefficient (Wildman–Crippen LogP) is 3.68. The number of nitrogens with zero attached hydrogens (tertiary/aromatic N) is 2. The second-order valence-corrected chi connectivity index (χ2v) is 6.09. The molecule has 2 heterocycles. The molecule has 0 aliphatic carbocycles. The van der Waals surface area contributed by atoms with Crippen LogP contribution in [0.1, 0.15) is 61.8 Å². The van der Waals surface area contributed by atoms with Gasteiger partial charge in [-0.1, -0.05) is 24.7 Å². The maximum atomic E-state index is 11.7. The zero-order chi connectivity index (χ0) is 13.1. The van der Waals surface area contributed by atoms with Gasteiger partial charge in [0, 0.05) is 19.5 Å². The van der Waals surface area contributed by atoms with Crippen LogP contribution in [-0.4, -0.2) is 23.4 Å². The first-order chi connectivity index (χ1) is 8.63. The predicted molar refractivity (Wildman–Crippen MR) is 76.8 cm³/mol. The van der Waals surface area contributed by atoms with E-state index in [1.807, 2.05) is 0 Å². The van der Waals surface area contributed by atoms with Gasteiger partial charge in [0.15, 0.2) is 10.9 Å². The van der Waals surface area contributed by atoms with Crippen LogP contribution in [0, 0.1) is 0 Å². The molecule has 0 aromatic carbocycles. The molecule has 0 N–H and O–H groups in total. The average Bonchev–Trinajstić information content (AvgIpc) is 2.74. The Labute approximate surface area is 113 Å². The summed E-state index contributed by atoms with van der Waals surface area (Å²) in [6, 6.07) is 0.555. The second kappa shape index (κ2) is 5.83. The largest absolute Gasteiger partial charge is 0.345 e. The van der Waals surface area contributed by atoms with Gasteiger partial charge in [0.1, 0.15) is 0 Å². The number of aromatic nitrogens is 1. The molecule has 1 fully saturated rings. The minimum atomic E-state index is 0.159. The molecular formula is C14H22N2OS. The SMILES string of the molecule is CCCc1nc(N2CCCCC2C)sc1C(C)=O. The van der Waals surface area contributed by atoms with Gasteiger partial charge in [0.25, 0.3) is 0 Å². The van der Waals surface area contributed by atoms with Crippen LogP contribution in [0.4, 0.5) is 5.13 Å². The summed E-state index contributed by atoms with van der Waals surface area (Å²) in [5, 5.41) is 1.05. The van der Waals surface area contributed by atoms with Crippen LogP contribution in [0.3, 0.4) is 0 Å². The summed E-state index contributed by atoms with van der Waals surface area (Å²) in [4.78, 5) is 19.6. The Morgan fingerprint density at radius 1 is 1.50 bits per heavy atom. The molecule has 18 heavy (non-hydrogen) atoms. The van der Waals surface area contributed by atoms with Gasteiger partial charge in [-0.05, 0) is 32.6 Å². The Morgan fingerprint density at radius 3 is 2.89 bits per heavy atom. The highest BCUT2D eigenvalue weighted by Crippen LogP contribution is 2.31. The third kappa shape index (κ3) is 2.74. The van der Waals surface area contributed by atoms with Crippen LogP contribution in [0.2, 0.25) is 0 Å². The zero-order valence-electron chi connectivity index (χ0n) is 11.5. The number of anilines is 1. The molecule has 100 valence electrons. The lowest BCUT2D eigenvalue weighted by Crippen LogP contribution is -2.37. The molecule has 1 atom stereocenters. The van der Waals surface area contributed by atoms with Gasteiger partial charge in [0.05, 0.1) is 10.6 Å². The van der Waals surface area contributed by atoms with E-state index in [0.717, 1.165) is 35.1 Å². The molecule has 1 unspecified atom stereocenters. The summed E-state index contributed by atoms with van der Waals surface area (Å²) in [6.45, 7) is 7.12. The van der Waals surface area contributed by atoms with Crippen LogP contribution in [0.5, 0.6) is 0 Å². The van der Waals surface area contributed by atoms with Gasteiger partial charge in [-0.15, -0.1) is 0 Å². The Morgan fingerprint density at radius 2 is 2.28 bits per heavy atom. The van der Waals surface area contributed by atoms with Crippen molar-refractivity contribution in [3.63, 3.8) is 0 Å². The van der Waals surface area contributed by atoms with Gasteiger partial charge in [-0.2, -0.15) is 0 Å². The number of rotatable bonds is 4. The van der Waals surface area contributed by atoms with E-state index in [1.54, 1.807) is 18.3 Å². The van der Waals surface area contributed by atoms with E-state index in [4.69, 9.17) is 4.98 Å². The fraction of sp³-hybridized carbons (Fsp3) is 0.714. The summed E-state index contributed by atoms with van der Waals surface area (Å²) in [6.07, 6.45) is 5.73. The molecule has 0 radical (unpaired) electrons. The number of aryl methyl sites for hydroxylation is 1. The van der Waals surface area contributed by atoms with Crippen molar-refractivity contribution in [1.82, 2.24) is 4.98 Å². The second-order valence-electron chi connectivity index (χ2n) is 5.12. The molecule has 1 aromatic rings. The molecule has 0 saturated carbocycles. The van der Waals surface area contributed by atoms with Crippen molar-refractivity contribution in [3.05, 3.63) is 10.6 Å². The lowest BCUT2D eigenvalue weighted by atomic mass is 10.0. The van der Waals surface area contributed by atoms with Gasteiger partial charge in [-0.3, -0.25) is 4.79 Å². The van der Waals surface area contributed by atoms with Crippen molar-refractivity contribution in [2.75, 3.05) is 11.4 Å². The topological polar surface area (TPSA) is 33.2 Å². The van der Waals surface area contributed by atoms with E-state index < -0.39 is 0 Å². The molecule has 4 heteroatoms. The number of carbonyl (C=O) groups is 1. The van der Waals surface area contributed by atoms with Crippen molar-refractivity contribution < 1.29 is 4.79 Å². The van der Waals surface area contributed by atoms with E-state index >= 15 is 0 Å². The highest BCUT2D eigenvalue weighted by molar-refractivity contribution is 7.17. The first kappa shape index (κ1) is 13.5. The van der Waals surface area contributed by atoms with Crippen molar-refractivity contribution in [2.24, 2.45) is 0 Å². The van der Waals surface area contributed by atoms with E-state index in [9.17, 15) is 4.79 Å². The fourth-order valence-electron chi connectivity index (χ4n) is 2.53. The van der Waals surface area contributed by atoms with Crippen LogP contribution in [0.25, 0.3) is 0 Å². The maximum Gasteiger partial charge on any atom is 0.186 e. The summed E-state index contributed by atoms with van der Waals surface area (Å²) in [7, 11) is 0. The number of hydrogen-bond acceptors (Lipinski definition) is 4. The Bertz CT molecular complexity index is 427. The van der Waals surface area contributed by atoms with Crippen molar-refractivity contribution in [3.8, 4) is 0 Å². The zero-order valence-corrected chi connectivity index (χ0v) is 12.3. The van der Waals surface area contributed by atoms with Crippen LogP contribution in [0.15, 0.2) is 0 Å². The maximum absolute atomic E-state index is 11.7. The smallest absolute Gasteiger partial charge is 0.186 e. The highest BCUT2D eigenvalue weighted by Gasteiger charge is 2.23. The summed E-state index contributed by atoms with van der Waals surface area (Å²) in [5.74, 6) is 0.159. The molecule has 0 amide bonds. The molecule has 3 nitrogen and oxygen atoms in total. The molecule has 1 aliphatic rings. The summed E-state index contributed by atoms with van der Waals surface area (Å²) >= 11 is 1.58. The van der Waals surface area contributed by atoms with Crippen molar-refractivity contribution in [2.45, 2.75) is 58.9 Å². The Balaban J connectivity index is 2.27. The van der Waals surface area contributed by atoms with E-state index in [0.29, 0.717) is 6.04 Å². The normalized spacial score (nSPS) is 20.2. The van der Waals surface area contributed by atoms with Crippen molar-refractivity contribution >= 4 is 22.3 Å². The molecule has 1 aliphatic heterocycles. The highest BCUT2D eigenvalue weighted by atomic mass is 32.1. The van der Waals surface area contributed by atoms with Gasteiger partial charge in [0.2, 0.25) is 0 Å². The molecule has 1 saturated heterocycles. The number of piperidine rings is 1. The number of ketones is 1. The fourth-order valence-corrected chi connectivity index (χ4v) is 3.66. The van der Waals surface area contributed by atoms with E-state index in [1.165, 1.54) is 19.3 Å². The minimum absolute atomic E-state index is 0.159. The van der Waals surface area contributed by atoms with Crippen LogP contribution >= 0.6 is 11.3 Å². The number of thiazole rings is 1. The van der Waals surface area contributed by atoms with Crippen LogP contribution < -0.4 is 4.90 Å². The number of carbonyl (C=O) groups excluding carboxylic acids is 1. The van der Waals surface area contributed by atoms with Crippen molar-refractivity contribution in [1.29, 1.82) is 0 Å². The van der Waals surface area contributed by atoms with E-state index in [2.05, 4.69) is 18.7 Å². The molecule has 0 spiro atoms. The minimum Gasteiger partial charge on any atom is -0.345 e. The number of hydrogen-bond donors (Lipinski definition) is 0. The monoisotopic (exact) mass is 266 g/mol. The number of Topliss-reactive ketones (excluding diaryl/α,β-unsaturated/α-hetero) is 1. The Kier molecular flexibility index (Phi) is 4.38. The lowest BCUT2D eigenvalue weighted by Gasteiger charge is -2.33. The summed E-state index contributed by atoms with van der Waals surface area (Å²) in [5.41, 5.74) is 1.00. The quantitative estimate of drug-likeness (QED) is 0.779. The molecule has 2 rings (SSSR count).